The van der Waals surface area contributed by atoms with E-state index in [0.717, 1.165) is 6.07 Å². The van der Waals surface area contributed by atoms with Crippen molar-refractivity contribution in [2.75, 3.05) is 19.7 Å². The van der Waals surface area contributed by atoms with E-state index in [1.54, 1.807) is 4.90 Å². The van der Waals surface area contributed by atoms with Gasteiger partial charge in [-0.05, 0) is 26.0 Å². The second kappa shape index (κ2) is 7.19. The summed E-state index contributed by atoms with van der Waals surface area (Å²) in [5.74, 6) is -0.302. The monoisotopic (exact) mass is 322 g/mol. The Hall–Kier alpha value is -2.48. The number of ether oxygens (including phenoxy) is 2. The van der Waals surface area contributed by atoms with E-state index in [9.17, 15) is 19.7 Å². The van der Waals surface area contributed by atoms with E-state index < -0.39 is 4.92 Å². The van der Waals surface area contributed by atoms with E-state index in [1.165, 1.54) is 12.1 Å². The molecule has 8 heteroatoms. The van der Waals surface area contributed by atoms with E-state index in [-0.39, 0.29) is 41.7 Å². The minimum absolute atomic E-state index is 0.0386. The SMILES string of the molecule is C[C@H]1CN(C(=O)COc2ccc(C=O)cc2[N+](=O)[O-])C[C@H](C)O1. The number of hydrogen-bond donors (Lipinski definition) is 0. The summed E-state index contributed by atoms with van der Waals surface area (Å²) in [6.07, 6.45) is 0.381. The van der Waals surface area contributed by atoms with Crippen LogP contribution in [0.15, 0.2) is 18.2 Å². The molecule has 1 aromatic rings. The fourth-order valence-electron chi connectivity index (χ4n) is 2.48. The number of carbonyl (C=O) groups excluding carboxylic acids is 2. The largest absolute Gasteiger partial charge is 0.477 e. The number of benzene rings is 1. The fourth-order valence-corrected chi connectivity index (χ4v) is 2.48. The van der Waals surface area contributed by atoms with Gasteiger partial charge in [0, 0.05) is 24.7 Å². The molecule has 0 bridgehead atoms. The molecular weight excluding hydrogens is 304 g/mol. The standard InChI is InChI=1S/C15H18N2O6/c1-10-6-16(7-11(2)23-10)15(19)9-22-14-4-3-12(8-18)5-13(14)17(20)21/h3-5,8,10-11H,6-7,9H2,1-2H3/t10-,11-/m0/s1. The molecule has 1 aliphatic rings. The summed E-state index contributed by atoms with van der Waals surface area (Å²) in [6, 6.07) is 3.84. The maximum atomic E-state index is 12.2. The molecule has 0 radical (unpaired) electrons. The Morgan fingerprint density at radius 2 is 2.09 bits per heavy atom. The second-order valence-corrected chi connectivity index (χ2v) is 5.45. The summed E-state index contributed by atoms with van der Waals surface area (Å²) in [6.45, 7) is 4.36. The molecule has 0 aromatic heterocycles. The lowest BCUT2D eigenvalue weighted by molar-refractivity contribution is -0.385. The van der Waals surface area contributed by atoms with Crippen LogP contribution in [0, 0.1) is 10.1 Å². The lowest BCUT2D eigenvalue weighted by atomic mass is 10.2. The van der Waals surface area contributed by atoms with E-state index in [1.807, 2.05) is 13.8 Å². The van der Waals surface area contributed by atoms with Crippen molar-refractivity contribution >= 4 is 17.9 Å². The Labute approximate surface area is 133 Å². The van der Waals surface area contributed by atoms with Crippen molar-refractivity contribution < 1.29 is 24.0 Å². The van der Waals surface area contributed by atoms with Crippen molar-refractivity contribution in [2.45, 2.75) is 26.1 Å². The smallest absolute Gasteiger partial charge is 0.311 e. The highest BCUT2D eigenvalue weighted by Crippen LogP contribution is 2.27. The first-order valence-electron chi connectivity index (χ1n) is 7.20. The first-order chi connectivity index (χ1) is 10.9. The molecular formula is C15H18N2O6. The van der Waals surface area contributed by atoms with Gasteiger partial charge < -0.3 is 14.4 Å². The van der Waals surface area contributed by atoms with Gasteiger partial charge in [0.1, 0.15) is 6.29 Å². The third-order valence-corrected chi connectivity index (χ3v) is 3.44. The van der Waals surface area contributed by atoms with Crippen LogP contribution in [0.5, 0.6) is 5.75 Å². The molecule has 2 atom stereocenters. The number of morpholine rings is 1. The molecule has 1 amide bonds. The first-order valence-corrected chi connectivity index (χ1v) is 7.20. The van der Waals surface area contributed by atoms with Crippen LogP contribution in [0.4, 0.5) is 5.69 Å². The van der Waals surface area contributed by atoms with Gasteiger partial charge in [0.15, 0.2) is 12.4 Å². The second-order valence-electron chi connectivity index (χ2n) is 5.45. The van der Waals surface area contributed by atoms with E-state index in [2.05, 4.69) is 0 Å². The number of carbonyl (C=O) groups is 2. The van der Waals surface area contributed by atoms with Crippen LogP contribution in [0.25, 0.3) is 0 Å². The molecule has 0 unspecified atom stereocenters. The fraction of sp³-hybridized carbons (Fsp3) is 0.467. The predicted octanol–water partition coefficient (Wildman–Crippen LogP) is 1.42. The molecule has 1 aliphatic heterocycles. The Balaban J connectivity index is 2.04. The zero-order valence-corrected chi connectivity index (χ0v) is 12.9. The highest BCUT2D eigenvalue weighted by atomic mass is 16.6. The number of nitrogens with zero attached hydrogens (tertiary/aromatic N) is 2. The Kier molecular flexibility index (Phi) is 5.28. The van der Waals surface area contributed by atoms with Gasteiger partial charge in [-0.3, -0.25) is 19.7 Å². The summed E-state index contributed by atoms with van der Waals surface area (Å²) in [5, 5.41) is 11.0. The van der Waals surface area contributed by atoms with Crippen molar-refractivity contribution in [2.24, 2.45) is 0 Å². The molecule has 124 valence electrons. The lowest BCUT2D eigenvalue weighted by Crippen LogP contribution is -2.49. The van der Waals surface area contributed by atoms with Gasteiger partial charge in [0.2, 0.25) is 0 Å². The molecule has 0 spiro atoms. The van der Waals surface area contributed by atoms with Crippen LogP contribution in [-0.4, -0.2) is 53.9 Å². The molecule has 0 N–H and O–H groups in total. The van der Waals surface area contributed by atoms with Gasteiger partial charge in [-0.2, -0.15) is 0 Å². The summed E-state index contributed by atoms with van der Waals surface area (Å²) in [4.78, 5) is 34.9. The third kappa shape index (κ3) is 4.26. The van der Waals surface area contributed by atoms with Crippen LogP contribution in [0.3, 0.4) is 0 Å². The van der Waals surface area contributed by atoms with Crippen molar-refractivity contribution in [1.82, 2.24) is 4.90 Å². The van der Waals surface area contributed by atoms with E-state index in [4.69, 9.17) is 9.47 Å². The molecule has 0 aliphatic carbocycles. The quantitative estimate of drug-likeness (QED) is 0.462. The predicted molar refractivity (Wildman–Crippen MR) is 80.6 cm³/mol. The van der Waals surface area contributed by atoms with Crippen LogP contribution >= 0.6 is 0 Å². The molecule has 2 rings (SSSR count). The highest BCUT2D eigenvalue weighted by molar-refractivity contribution is 5.79. The summed E-state index contributed by atoms with van der Waals surface area (Å²) in [7, 11) is 0. The third-order valence-electron chi connectivity index (χ3n) is 3.44. The zero-order chi connectivity index (χ0) is 17.0. The summed E-state index contributed by atoms with van der Waals surface area (Å²) in [5.41, 5.74) is -0.169. The molecule has 1 fully saturated rings. The normalized spacial score (nSPS) is 20.9. The minimum Gasteiger partial charge on any atom is -0.477 e. The maximum Gasteiger partial charge on any atom is 0.311 e. The van der Waals surface area contributed by atoms with E-state index in [0.29, 0.717) is 19.4 Å². The van der Waals surface area contributed by atoms with Crippen LogP contribution in [-0.2, 0) is 9.53 Å². The van der Waals surface area contributed by atoms with Crippen LogP contribution in [0.2, 0.25) is 0 Å². The number of nitro groups is 1. The Bertz CT molecular complexity index is 608. The van der Waals surface area contributed by atoms with Crippen LogP contribution in [0.1, 0.15) is 24.2 Å². The molecule has 1 saturated heterocycles. The number of rotatable bonds is 5. The first kappa shape index (κ1) is 16.9. The van der Waals surface area contributed by atoms with Crippen molar-refractivity contribution in [1.29, 1.82) is 0 Å². The van der Waals surface area contributed by atoms with Gasteiger partial charge in [-0.1, -0.05) is 0 Å². The average molecular weight is 322 g/mol. The van der Waals surface area contributed by atoms with Crippen molar-refractivity contribution in [3.63, 3.8) is 0 Å². The van der Waals surface area contributed by atoms with E-state index >= 15 is 0 Å². The maximum absolute atomic E-state index is 12.2. The van der Waals surface area contributed by atoms with Crippen molar-refractivity contribution in [3.8, 4) is 5.75 Å². The van der Waals surface area contributed by atoms with Crippen LogP contribution < -0.4 is 4.74 Å². The zero-order valence-electron chi connectivity index (χ0n) is 12.9. The Morgan fingerprint density at radius 1 is 1.43 bits per heavy atom. The topological polar surface area (TPSA) is 99.0 Å². The van der Waals surface area contributed by atoms with Gasteiger partial charge in [0.05, 0.1) is 17.1 Å². The summed E-state index contributed by atoms with van der Waals surface area (Å²) < 4.78 is 10.8. The molecule has 23 heavy (non-hydrogen) atoms. The molecule has 0 saturated carbocycles. The van der Waals surface area contributed by atoms with Gasteiger partial charge in [-0.15, -0.1) is 0 Å². The number of aldehydes is 1. The highest BCUT2D eigenvalue weighted by Gasteiger charge is 2.26. The molecule has 1 heterocycles. The number of hydrogen-bond acceptors (Lipinski definition) is 6. The number of nitro benzene ring substituents is 1. The lowest BCUT2D eigenvalue weighted by Gasteiger charge is -2.35. The van der Waals surface area contributed by atoms with Gasteiger partial charge >= 0.3 is 5.69 Å². The summed E-state index contributed by atoms with van der Waals surface area (Å²) >= 11 is 0. The van der Waals surface area contributed by atoms with Crippen molar-refractivity contribution in [3.05, 3.63) is 33.9 Å². The van der Waals surface area contributed by atoms with Gasteiger partial charge in [0.25, 0.3) is 5.91 Å². The Morgan fingerprint density at radius 3 is 2.65 bits per heavy atom. The minimum atomic E-state index is -0.647. The average Bonchev–Trinajstić information content (AvgIpc) is 2.51. The number of amides is 1. The molecule has 8 nitrogen and oxygen atoms in total. The molecule has 1 aromatic carbocycles. The van der Waals surface area contributed by atoms with Gasteiger partial charge in [-0.25, -0.2) is 0 Å².